The summed E-state index contributed by atoms with van der Waals surface area (Å²) in [6.07, 6.45) is 0. The number of benzene rings is 2. The van der Waals surface area contributed by atoms with Crippen LogP contribution in [0.3, 0.4) is 0 Å². The van der Waals surface area contributed by atoms with E-state index in [1.54, 1.807) is 18.2 Å². The summed E-state index contributed by atoms with van der Waals surface area (Å²) in [6, 6.07) is 6.81. The molecular weight excluding hydrogens is 298 g/mol. The number of rotatable bonds is 3. The van der Waals surface area contributed by atoms with E-state index >= 15 is 0 Å². The highest BCUT2D eigenvalue weighted by Gasteiger charge is 2.12. The van der Waals surface area contributed by atoms with E-state index < -0.39 is 17.5 Å². The van der Waals surface area contributed by atoms with Gasteiger partial charge in [-0.15, -0.1) is 0 Å². The molecule has 0 saturated carbocycles. The molecule has 0 aromatic heterocycles. The molecule has 0 aliphatic rings. The molecule has 0 heterocycles. The molecule has 0 spiro atoms. The van der Waals surface area contributed by atoms with E-state index in [0.717, 1.165) is 12.1 Å². The molecule has 2 aromatic carbocycles. The van der Waals surface area contributed by atoms with Crippen LogP contribution in [0, 0.1) is 17.5 Å². The van der Waals surface area contributed by atoms with E-state index in [1.165, 1.54) is 0 Å². The topological polar surface area (TPSA) is 12.0 Å². The third-order valence-electron chi connectivity index (χ3n) is 2.44. The lowest BCUT2D eigenvalue weighted by molar-refractivity contribution is 0.449. The van der Waals surface area contributed by atoms with Gasteiger partial charge in [-0.25, -0.2) is 13.2 Å². The van der Waals surface area contributed by atoms with Gasteiger partial charge in [-0.3, -0.25) is 0 Å². The zero-order chi connectivity index (χ0) is 14.0. The molecule has 0 unspecified atom stereocenters. The van der Waals surface area contributed by atoms with Crippen molar-refractivity contribution in [1.29, 1.82) is 0 Å². The molecule has 2 aromatic rings. The minimum absolute atomic E-state index is 0.130. The van der Waals surface area contributed by atoms with Gasteiger partial charge in [0.1, 0.15) is 0 Å². The van der Waals surface area contributed by atoms with Crippen LogP contribution in [0.15, 0.2) is 30.3 Å². The van der Waals surface area contributed by atoms with Crippen LogP contribution in [0.2, 0.25) is 10.0 Å². The third kappa shape index (κ3) is 3.33. The summed E-state index contributed by atoms with van der Waals surface area (Å²) in [5.74, 6) is -3.99. The maximum Gasteiger partial charge on any atom is 0.196 e. The molecule has 1 N–H and O–H groups in total. The van der Waals surface area contributed by atoms with Gasteiger partial charge in [0, 0.05) is 16.6 Å². The molecule has 6 heteroatoms. The molecule has 0 bridgehead atoms. The van der Waals surface area contributed by atoms with Crippen LogP contribution in [0.1, 0.15) is 5.56 Å². The summed E-state index contributed by atoms with van der Waals surface area (Å²) in [6.45, 7) is 0.183. The number of hydrogen-bond acceptors (Lipinski definition) is 1. The summed E-state index contributed by atoms with van der Waals surface area (Å²) in [7, 11) is 0. The molecule has 0 aliphatic carbocycles. The summed E-state index contributed by atoms with van der Waals surface area (Å²) >= 11 is 11.6. The normalized spacial score (nSPS) is 10.6. The number of hydrogen-bond donors (Lipinski definition) is 1. The second kappa shape index (κ2) is 5.72. The fourth-order valence-corrected chi connectivity index (χ4v) is 2.14. The van der Waals surface area contributed by atoms with Crippen LogP contribution in [-0.2, 0) is 6.54 Å². The minimum Gasteiger partial charge on any atom is -0.379 e. The van der Waals surface area contributed by atoms with Crippen LogP contribution < -0.4 is 5.32 Å². The molecule has 1 nitrogen and oxygen atoms in total. The van der Waals surface area contributed by atoms with Crippen molar-refractivity contribution in [2.45, 2.75) is 6.54 Å². The highest BCUT2D eigenvalue weighted by atomic mass is 35.5. The Morgan fingerprint density at radius 3 is 2.16 bits per heavy atom. The summed E-state index contributed by atoms with van der Waals surface area (Å²) in [5.41, 5.74) is 0.566. The minimum atomic E-state index is -1.51. The van der Waals surface area contributed by atoms with E-state index in [9.17, 15) is 13.2 Å². The molecule has 0 radical (unpaired) electrons. The van der Waals surface area contributed by atoms with Gasteiger partial charge in [0.15, 0.2) is 17.5 Å². The molecule has 19 heavy (non-hydrogen) atoms. The van der Waals surface area contributed by atoms with E-state index in [1.807, 2.05) is 0 Å². The Morgan fingerprint density at radius 2 is 1.53 bits per heavy atom. The van der Waals surface area contributed by atoms with Crippen LogP contribution in [-0.4, -0.2) is 0 Å². The fourth-order valence-electron chi connectivity index (χ4n) is 1.57. The summed E-state index contributed by atoms with van der Waals surface area (Å²) < 4.78 is 39.2. The van der Waals surface area contributed by atoms with Gasteiger partial charge in [-0.2, -0.15) is 0 Å². The quantitative estimate of drug-likeness (QED) is 0.785. The molecule has 0 fully saturated rings. The van der Waals surface area contributed by atoms with E-state index in [0.29, 0.717) is 15.6 Å². The first-order valence-electron chi connectivity index (χ1n) is 5.29. The van der Waals surface area contributed by atoms with Crippen molar-refractivity contribution in [3.63, 3.8) is 0 Å². The second-order valence-corrected chi connectivity index (χ2v) is 4.73. The SMILES string of the molecule is Fc1ccc(NCc2cc(Cl)cc(Cl)c2)c(F)c1F. The Bertz CT molecular complexity index is 597. The van der Waals surface area contributed by atoms with Crippen molar-refractivity contribution >= 4 is 28.9 Å². The number of halogens is 5. The summed E-state index contributed by atoms with van der Waals surface area (Å²) in [4.78, 5) is 0. The second-order valence-electron chi connectivity index (χ2n) is 3.85. The Labute approximate surface area is 118 Å². The molecule has 2 rings (SSSR count). The molecule has 0 saturated heterocycles. The Kier molecular flexibility index (Phi) is 4.22. The zero-order valence-electron chi connectivity index (χ0n) is 9.48. The van der Waals surface area contributed by atoms with Crippen molar-refractivity contribution in [1.82, 2.24) is 0 Å². The molecule has 0 aliphatic heterocycles. The van der Waals surface area contributed by atoms with Crippen LogP contribution >= 0.6 is 23.2 Å². The van der Waals surface area contributed by atoms with Crippen LogP contribution in [0.5, 0.6) is 0 Å². The van der Waals surface area contributed by atoms with Crippen molar-refractivity contribution in [2.75, 3.05) is 5.32 Å². The standard InChI is InChI=1S/C13H8Cl2F3N/c14-8-3-7(4-9(15)5-8)6-19-11-2-1-10(16)12(17)13(11)18/h1-5,19H,6H2. The first kappa shape index (κ1) is 14.0. The van der Waals surface area contributed by atoms with Crippen LogP contribution in [0.25, 0.3) is 0 Å². The average Bonchev–Trinajstić information content (AvgIpc) is 2.34. The zero-order valence-corrected chi connectivity index (χ0v) is 11.0. The maximum absolute atomic E-state index is 13.4. The van der Waals surface area contributed by atoms with Gasteiger partial charge in [0.25, 0.3) is 0 Å². The Morgan fingerprint density at radius 1 is 0.895 bits per heavy atom. The lowest BCUT2D eigenvalue weighted by Gasteiger charge is -2.09. The lowest BCUT2D eigenvalue weighted by atomic mass is 10.2. The predicted molar refractivity (Wildman–Crippen MR) is 70.1 cm³/mol. The van der Waals surface area contributed by atoms with Crippen molar-refractivity contribution in [3.8, 4) is 0 Å². The van der Waals surface area contributed by atoms with Gasteiger partial charge in [0.05, 0.1) is 5.69 Å². The van der Waals surface area contributed by atoms with Crippen molar-refractivity contribution in [3.05, 3.63) is 63.4 Å². The lowest BCUT2D eigenvalue weighted by Crippen LogP contribution is -2.04. The van der Waals surface area contributed by atoms with Gasteiger partial charge < -0.3 is 5.32 Å². The average molecular weight is 306 g/mol. The monoisotopic (exact) mass is 305 g/mol. The smallest absolute Gasteiger partial charge is 0.196 e. The fraction of sp³-hybridized carbons (Fsp3) is 0.0769. The van der Waals surface area contributed by atoms with E-state index in [2.05, 4.69) is 5.32 Å². The molecular formula is C13H8Cl2F3N. The first-order valence-corrected chi connectivity index (χ1v) is 6.05. The number of anilines is 1. The molecule has 0 atom stereocenters. The van der Waals surface area contributed by atoms with Crippen LogP contribution in [0.4, 0.5) is 18.9 Å². The van der Waals surface area contributed by atoms with Crippen molar-refractivity contribution < 1.29 is 13.2 Å². The largest absolute Gasteiger partial charge is 0.379 e. The van der Waals surface area contributed by atoms with Gasteiger partial charge in [-0.1, -0.05) is 23.2 Å². The highest BCUT2D eigenvalue weighted by Crippen LogP contribution is 2.22. The van der Waals surface area contributed by atoms with Gasteiger partial charge in [-0.05, 0) is 35.9 Å². The number of nitrogens with one attached hydrogen (secondary N) is 1. The van der Waals surface area contributed by atoms with Crippen molar-refractivity contribution in [2.24, 2.45) is 0 Å². The molecule has 100 valence electrons. The van der Waals surface area contributed by atoms with E-state index in [4.69, 9.17) is 23.2 Å². The molecule has 0 amide bonds. The highest BCUT2D eigenvalue weighted by molar-refractivity contribution is 6.34. The first-order chi connectivity index (χ1) is 8.97. The van der Waals surface area contributed by atoms with E-state index in [-0.39, 0.29) is 12.2 Å². The maximum atomic E-state index is 13.4. The van der Waals surface area contributed by atoms with Gasteiger partial charge >= 0.3 is 0 Å². The Balaban J connectivity index is 2.17. The van der Waals surface area contributed by atoms with Gasteiger partial charge in [0.2, 0.25) is 0 Å². The third-order valence-corrected chi connectivity index (χ3v) is 2.88. The Hall–Kier alpha value is -1.39. The summed E-state index contributed by atoms with van der Waals surface area (Å²) in [5, 5.41) is 3.53. The predicted octanol–water partition coefficient (Wildman–Crippen LogP) is 5.02.